The van der Waals surface area contributed by atoms with Crippen LogP contribution in [0.1, 0.15) is 42.8 Å². The Balaban J connectivity index is 1.41. The Morgan fingerprint density at radius 2 is 1.85 bits per heavy atom. The maximum atomic E-state index is 12.0. The van der Waals surface area contributed by atoms with E-state index in [1.165, 1.54) is 6.42 Å². The summed E-state index contributed by atoms with van der Waals surface area (Å²) < 4.78 is 11.1. The van der Waals surface area contributed by atoms with Gasteiger partial charge in [0, 0.05) is 23.1 Å². The summed E-state index contributed by atoms with van der Waals surface area (Å²) >= 11 is 3.78. The topological polar surface area (TPSA) is 64.6 Å². The van der Waals surface area contributed by atoms with Gasteiger partial charge in [0.25, 0.3) is 5.91 Å². The van der Waals surface area contributed by atoms with Crippen LogP contribution in [0.2, 0.25) is 0 Å². The molecule has 0 unspecified atom stereocenters. The molecule has 148 valence electrons. The van der Waals surface area contributed by atoms with Crippen LogP contribution in [0.3, 0.4) is 0 Å². The number of esters is 1. The number of ether oxygens (including phenoxy) is 2. The van der Waals surface area contributed by atoms with Crippen molar-refractivity contribution in [1.82, 2.24) is 5.32 Å². The Morgan fingerprint density at radius 1 is 1.11 bits per heavy atom. The molecule has 0 radical (unpaired) electrons. The van der Waals surface area contributed by atoms with Gasteiger partial charge in [-0.1, -0.05) is 38.0 Å². The van der Waals surface area contributed by atoms with Crippen LogP contribution in [-0.4, -0.2) is 42.6 Å². The second kappa shape index (κ2) is 10.3. The molecule has 0 bridgehead atoms. The van der Waals surface area contributed by atoms with E-state index >= 15 is 0 Å². The first kappa shape index (κ1) is 20.4. The monoisotopic (exact) mass is 409 g/mol. The number of amides is 1. The summed E-state index contributed by atoms with van der Waals surface area (Å²) in [5, 5.41) is 2.98. The molecule has 5 nitrogen and oxygen atoms in total. The molecule has 27 heavy (non-hydrogen) atoms. The van der Waals surface area contributed by atoms with E-state index in [0.717, 1.165) is 36.3 Å². The number of hydrogen-bond acceptors (Lipinski definition) is 6. The molecule has 7 heteroatoms. The molecule has 2 aliphatic rings. The van der Waals surface area contributed by atoms with Crippen LogP contribution in [0.25, 0.3) is 0 Å². The highest BCUT2D eigenvalue weighted by Gasteiger charge is 2.24. The van der Waals surface area contributed by atoms with E-state index in [-0.39, 0.29) is 25.2 Å². The average Bonchev–Trinajstić information content (AvgIpc) is 3.21. The standard InChI is InChI=1S/C20H27NO4S2/c1-14-6-2-4-8-16(14)21-18(22)12-25-19(23)13-24-17-9-5-3-7-15(17)20-26-10-11-27-20/h3,5,7,9,14,16,20H,2,4,6,8,10-13H2,1H3,(H,21,22)/t14-,16+/m1/s1. The van der Waals surface area contributed by atoms with Gasteiger partial charge < -0.3 is 14.8 Å². The maximum absolute atomic E-state index is 12.0. The van der Waals surface area contributed by atoms with Gasteiger partial charge in [-0.15, -0.1) is 23.5 Å². The lowest BCUT2D eigenvalue weighted by Crippen LogP contribution is -2.43. The normalized spacial score (nSPS) is 23.0. The van der Waals surface area contributed by atoms with E-state index in [9.17, 15) is 9.59 Å². The summed E-state index contributed by atoms with van der Waals surface area (Å²) in [4.78, 5) is 24.0. The Labute approximate surface area is 169 Å². The molecule has 1 N–H and O–H groups in total. The van der Waals surface area contributed by atoms with Crippen molar-refractivity contribution >= 4 is 35.4 Å². The summed E-state index contributed by atoms with van der Waals surface area (Å²) in [6.45, 7) is 1.72. The van der Waals surface area contributed by atoms with Crippen molar-refractivity contribution < 1.29 is 19.1 Å². The highest BCUT2D eigenvalue weighted by Crippen LogP contribution is 2.48. The fourth-order valence-corrected chi connectivity index (χ4v) is 6.36. The molecule has 0 spiro atoms. The highest BCUT2D eigenvalue weighted by molar-refractivity contribution is 8.19. The van der Waals surface area contributed by atoms with Crippen LogP contribution in [0.4, 0.5) is 0 Å². The van der Waals surface area contributed by atoms with Gasteiger partial charge in [0.1, 0.15) is 5.75 Å². The third-order valence-electron chi connectivity index (χ3n) is 4.96. The summed E-state index contributed by atoms with van der Waals surface area (Å²) in [6, 6.07) is 7.98. The average molecular weight is 410 g/mol. The fourth-order valence-electron chi connectivity index (χ4n) is 3.45. The predicted molar refractivity (Wildman–Crippen MR) is 110 cm³/mol. The minimum absolute atomic E-state index is 0.188. The van der Waals surface area contributed by atoms with Gasteiger partial charge in [-0.05, 0) is 24.8 Å². The summed E-state index contributed by atoms with van der Waals surface area (Å²) in [7, 11) is 0. The van der Waals surface area contributed by atoms with Crippen LogP contribution in [0.15, 0.2) is 24.3 Å². The van der Waals surface area contributed by atoms with E-state index in [4.69, 9.17) is 9.47 Å². The van der Waals surface area contributed by atoms with Crippen LogP contribution >= 0.6 is 23.5 Å². The zero-order valence-corrected chi connectivity index (χ0v) is 17.3. The molecule has 1 heterocycles. The van der Waals surface area contributed by atoms with Crippen LogP contribution in [-0.2, 0) is 14.3 Å². The Kier molecular flexibility index (Phi) is 7.76. The zero-order valence-electron chi connectivity index (χ0n) is 15.6. The van der Waals surface area contributed by atoms with Crippen molar-refractivity contribution in [1.29, 1.82) is 0 Å². The smallest absolute Gasteiger partial charge is 0.344 e. The number of rotatable bonds is 7. The summed E-state index contributed by atoms with van der Waals surface area (Å²) in [5.41, 5.74) is 1.10. The molecule has 1 aliphatic heterocycles. The van der Waals surface area contributed by atoms with E-state index in [1.54, 1.807) is 0 Å². The van der Waals surface area contributed by atoms with Crippen molar-refractivity contribution in [2.75, 3.05) is 24.7 Å². The number of hydrogen-bond donors (Lipinski definition) is 1. The first-order valence-electron chi connectivity index (χ1n) is 9.53. The zero-order chi connectivity index (χ0) is 19.1. The lowest BCUT2D eigenvalue weighted by molar-refractivity contribution is -0.150. The van der Waals surface area contributed by atoms with Gasteiger partial charge in [-0.2, -0.15) is 0 Å². The Morgan fingerprint density at radius 3 is 2.63 bits per heavy atom. The van der Waals surface area contributed by atoms with Crippen molar-refractivity contribution in [3.63, 3.8) is 0 Å². The molecular formula is C20H27NO4S2. The number of carbonyl (C=O) groups is 2. The van der Waals surface area contributed by atoms with Crippen LogP contribution in [0.5, 0.6) is 5.75 Å². The van der Waals surface area contributed by atoms with Gasteiger partial charge >= 0.3 is 5.97 Å². The molecule has 1 aromatic carbocycles. The lowest BCUT2D eigenvalue weighted by atomic mass is 9.86. The number of nitrogens with one attached hydrogen (secondary N) is 1. The summed E-state index contributed by atoms with van der Waals surface area (Å²) in [5.74, 6) is 2.68. The SMILES string of the molecule is C[C@@H]1CCCC[C@@H]1NC(=O)COC(=O)COc1ccccc1C1SCCS1. The number of para-hydroxylation sites is 1. The first-order chi connectivity index (χ1) is 13.1. The fraction of sp³-hybridized carbons (Fsp3) is 0.600. The van der Waals surface area contributed by atoms with Gasteiger partial charge in [0.05, 0.1) is 4.58 Å². The first-order valence-corrected chi connectivity index (χ1v) is 11.6. The predicted octanol–water partition coefficient (Wildman–Crippen LogP) is 3.78. The third kappa shape index (κ3) is 6.07. The molecule has 1 saturated carbocycles. The van der Waals surface area contributed by atoms with Gasteiger partial charge in [-0.3, -0.25) is 4.79 Å². The van der Waals surface area contributed by atoms with Crippen molar-refractivity contribution in [2.45, 2.75) is 43.2 Å². The van der Waals surface area contributed by atoms with Gasteiger partial charge in [-0.25, -0.2) is 4.79 Å². The molecule has 3 rings (SSSR count). The maximum Gasteiger partial charge on any atom is 0.344 e. The van der Waals surface area contributed by atoms with Crippen molar-refractivity contribution in [3.8, 4) is 5.75 Å². The van der Waals surface area contributed by atoms with Crippen molar-refractivity contribution in [3.05, 3.63) is 29.8 Å². The molecule has 1 saturated heterocycles. The second-order valence-corrected chi connectivity index (χ2v) is 9.72. The largest absolute Gasteiger partial charge is 0.482 e. The van der Waals surface area contributed by atoms with Gasteiger partial charge in [0.2, 0.25) is 0 Å². The van der Waals surface area contributed by atoms with Crippen LogP contribution < -0.4 is 10.1 Å². The molecule has 2 fully saturated rings. The molecule has 0 aromatic heterocycles. The quantitative estimate of drug-likeness (QED) is 0.692. The van der Waals surface area contributed by atoms with Crippen LogP contribution in [0, 0.1) is 5.92 Å². The van der Waals surface area contributed by atoms with Gasteiger partial charge in [0.15, 0.2) is 13.2 Å². The molecular weight excluding hydrogens is 382 g/mol. The van der Waals surface area contributed by atoms with E-state index < -0.39 is 5.97 Å². The van der Waals surface area contributed by atoms with E-state index in [1.807, 2.05) is 47.8 Å². The number of carbonyl (C=O) groups excluding carboxylic acids is 2. The van der Waals surface area contributed by atoms with E-state index in [2.05, 4.69) is 12.2 Å². The Bertz CT molecular complexity index is 649. The number of thioether (sulfide) groups is 2. The van der Waals surface area contributed by atoms with E-state index in [0.29, 0.717) is 16.2 Å². The number of benzene rings is 1. The lowest BCUT2D eigenvalue weighted by Gasteiger charge is -2.29. The minimum atomic E-state index is -0.525. The molecule has 1 amide bonds. The second-order valence-electron chi connectivity index (χ2n) is 7.00. The highest BCUT2D eigenvalue weighted by atomic mass is 32.2. The summed E-state index contributed by atoms with van der Waals surface area (Å²) in [6.07, 6.45) is 4.49. The third-order valence-corrected chi connectivity index (χ3v) is 8.03. The molecule has 1 aromatic rings. The Hall–Kier alpha value is -1.34. The molecule has 2 atom stereocenters. The van der Waals surface area contributed by atoms with Crippen molar-refractivity contribution in [2.24, 2.45) is 5.92 Å². The minimum Gasteiger partial charge on any atom is -0.482 e. The molecule has 1 aliphatic carbocycles.